The molecule has 0 radical (unpaired) electrons. The van der Waals surface area contributed by atoms with Crippen molar-refractivity contribution in [3.63, 3.8) is 0 Å². The van der Waals surface area contributed by atoms with Gasteiger partial charge in [-0.1, -0.05) is 0 Å². The molecule has 150 valence electrons. The van der Waals surface area contributed by atoms with Gasteiger partial charge in [-0.15, -0.1) is 0 Å². The molecule has 0 saturated heterocycles. The zero-order valence-electron chi connectivity index (χ0n) is 16.2. The van der Waals surface area contributed by atoms with Crippen molar-refractivity contribution in [2.75, 3.05) is 32.6 Å². The molecule has 0 fully saturated rings. The van der Waals surface area contributed by atoms with Crippen LogP contribution in [0.15, 0.2) is 12.1 Å². The monoisotopic (exact) mass is 382 g/mol. The number of anilines is 1. The number of nitrogens with two attached hydrogens (primary N) is 1. The number of nitrogens with zero attached hydrogens (tertiary/aromatic N) is 2. The van der Waals surface area contributed by atoms with E-state index in [1.165, 1.54) is 18.1 Å². The van der Waals surface area contributed by atoms with E-state index in [0.717, 1.165) is 6.07 Å². The van der Waals surface area contributed by atoms with Crippen molar-refractivity contribution in [3.8, 4) is 5.75 Å². The molecule has 10 heteroatoms. The van der Waals surface area contributed by atoms with Crippen molar-refractivity contribution in [2.24, 2.45) is 5.73 Å². The van der Waals surface area contributed by atoms with Crippen LogP contribution in [0.5, 0.6) is 5.75 Å². The Morgan fingerprint density at radius 3 is 2.44 bits per heavy atom. The molecular weight excluding hydrogens is 356 g/mol. The summed E-state index contributed by atoms with van der Waals surface area (Å²) in [5.41, 5.74) is 4.42. The maximum absolute atomic E-state index is 11.9. The second kappa shape index (κ2) is 9.06. The van der Waals surface area contributed by atoms with Gasteiger partial charge >= 0.3 is 6.09 Å². The van der Waals surface area contributed by atoms with Gasteiger partial charge in [0.25, 0.3) is 5.69 Å². The molecule has 0 bridgehead atoms. The average Bonchev–Trinajstić information content (AvgIpc) is 2.55. The summed E-state index contributed by atoms with van der Waals surface area (Å²) in [7, 11) is 2.95. The Hall–Kier alpha value is -3.04. The smallest absolute Gasteiger partial charge is 0.410 e. The van der Waals surface area contributed by atoms with Gasteiger partial charge in [0.05, 0.1) is 12.0 Å². The topological polar surface area (TPSA) is 137 Å². The molecule has 3 N–H and O–H groups in total. The van der Waals surface area contributed by atoms with Gasteiger partial charge in [0, 0.05) is 31.8 Å². The highest BCUT2D eigenvalue weighted by atomic mass is 16.6. The third-order valence-corrected chi connectivity index (χ3v) is 3.46. The van der Waals surface area contributed by atoms with Crippen molar-refractivity contribution >= 4 is 23.4 Å². The van der Waals surface area contributed by atoms with Crippen LogP contribution in [0.2, 0.25) is 0 Å². The second-order valence-corrected chi connectivity index (χ2v) is 6.88. The number of nitrogens with one attached hydrogen (secondary N) is 1. The average molecular weight is 382 g/mol. The number of methoxy groups -OCH3 is 1. The third-order valence-electron chi connectivity index (χ3n) is 3.46. The van der Waals surface area contributed by atoms with Crippen LogP contribution in [0, 0.1) is 10.1 Å². The van der Waals surface area contributed by atoms with E-state index in [9.17, 15) is 19.7 Å². The second-order valence-electron chi connectivity index (χ2n) is 6.88. The Morgan fingerprint density at radius 2 is 1.96 bits per heavy atom. The fraction of sp³-hybridized carbons (Fsp3) is 0.529. The number of hydrogen-bond donors (Lipinski definition) is 2. The molecule has 0 spiro atoms. The van der Waals surface area contributed by atoms with E-state index >= 15 is 0 Å². The van der Waals surface area contributed by atoms with Gasteiger partial charge in [0.1, 0.15) is 11.4 Å². The van der Waals surface area contributed by atoms with Crippen LogP contribution in [0.4, 0.5) is 16.2 Å². The number of primary amides is 1. The molecule has 10 nitrogen and oxygen atoms in total. The molecule has 1 aromatic rings. The number of hydrogen-bond acceptors (Lipinski definition) is 7. The molecule has 27 heavy (non-hydrogen) atoms. The molecule has 0 saturated carbocycles. The minimum atomic E-state index is -0.790. The molecular formula is C17H26N4O6. The fourth-order valence-corrected chi connectivity index (χ4v) is 2.19. The van der Waals surface area contributed by atoms with Gasteiger partial charge in [-0.25, -0.2) is 4.79 Å². The summed E-state index contributed by atoms with van der Waals surface area (Å²) in [5.74, 6) is -0.652. The summed E-state index contributed by atoms with van der Waals surface area (Å²) in [5, 5.41) is 14.2. The van der Waals surface area contributed by atoms with E-state index < -0.39 is 22.5 Å². The Morgan fingerprint density at radius 1 is 1.33 bits per heavy atom. The zero-order chi connectivity index (χ0) is 20.8. The van der Waals surface area contributed by atoms with Crippen LogP contribution in [0.25, 0.3) is 0 Å². The number of carbonyl (C=O) groups is 2. The van der Waals surface area contributed by atoms with Gasteiger partial charge in [0.15, 0.2) is 5.69 Å². The minimum Gasteiger partial charge on any atom is -0.494 e. The molecule has 0 unspecified atom stereocenters. The highest BCUT2D eigenvalue weighted by molar-refractivity contribution is 5.95. The van der Waals surface area contributed by atoms with Gasteiger partial charge in [-0.05, 0) is 33.3 Å². The van der Waals surface area contributed by atoms with E-state index in [-0.39, 0.29) is 22.7 Å². The lowest BCUT2D eigenvalue weighted by atomic mass is 10.1. The van der Waals surface area contributed by atoms with Crippen molar-refractivity contribution in [1.29, 1.82) is 0 Å². The van der Waals surface area contributed by atoms with Crippen LogP contribution in [-0.2, 0) is 4.74 Å². The van der Waals surface area contributed by atoms with E-state index in [2.05, 4.69) is 5.32 Å². The first-order valence-corrected chi connectivity index (χ1v) is 8.30. The van der Waals surface area contributed by atoms with Crippen LogP contribution in [0.1, 0.15) is 37.6 Å². The van der Waals surface area contributed by atoms with Gasteiger partial charge in [-0.2, -0.15) is 0 Å². The third kappa shape index (κ3) is 6.65. The first-order valence-electron chi connectivity index (χ1n) is 8.30. The quantitative estimate of drug-likeness (QED) is 0.400. The molecule has 0 atom stereocenters. The summed E-state index contributed by atoms with van der Waals surface area (Å²) >= 11 is 0. The first-order chi connectivity index (χ1) is 12.5. The van der Waals surface area contributed by atoms with Gasteiger partial charge in [0.2, 0.25) is 5.91 Å². The molecule has 0 aliphatic carbocycles. The molecule has 1 rings (SSSR count). The molecule has 0 aliphatic rings. The zero-order valence-corrected chi connectivity index (χ0v) is 16.2. The molecule has 0 heterocycles. The van der Waals surface area contributed by atoms with Gasteiger partial charge in [-0.3, -0.25) is 14.9 Å². The minimum absolute atomic E-state index is 0.0197. The first kappa shape index (κ1) is 22.0. The van der Waals surface area contributed by atoms with Crippen LogP contribution in [-0.4, -0.2) is 54.7 Å². The normalized spacial score (nSPS) is 10.9. The van der Waals surface area contributed by atoms with Gasteiger partial charge < -0.3 is 25.4 Å². The number of carbonyl (C=O) groups excluding carboxylic acids is 2. The lowest BCUT2D eigenvalue weighted by Crippen LogP contribution is -2.35. The fourth-order valence-electron chi connectivity index (χ4n) is 2.19. The lowest BCUT2D eigenvalue weighted by Gasteiger charge is -2.24. The van der Waals surface area contributed by atoms with Crippen LogP contribution < -0.4 is 15.8 Å². The SMILES string of the molecule is COc1cc(C(N)=O)cc([N+](=O)[O-])c1NCCCN(C)C(=O)OC(C)(C)C. The lowest BCUT2D eigenvalue weighted by molar-refractivity contribution is -0.384. The van der Waals surface area contributed by atoms with Crippen LogP contribution in [0.3, 0.4) is 0 Å². The predicted molar refractivity (Wildman–Crippen MR) is 100 cm³/mol. The number of amides is 2. The van der Waals surface area contributed by atoms with E-state index in [0.29, 0.717) is 19.5 Å². The highest BCUT2D eigenvalue weighted by Crippen LogP contribution is 2.35. The van der Waals surface area contributed by atoms with E-state index in [1.54, 1.807) is 27.8 Å². The highest BCUT2D eigenvalue weighted by Gasteiger charge is 2.22. The number of rotatable bonds is 8. The van der Waals surface area contributed by atoms with Crippen LogP contribution >= 0.6 is 0 Å². The van der Waals surface area contributed by atoms with Crippen molar-refractivity contribution in [3.05, 3.63) is 27.8 Å². The standard InChI is InChI=1S/C17H26N4O6/c1-17(2,3)27-16(23)20(4)8-6-7-19-14-12(21(24)25)9-11(15(18)22)10-13(14)26-5/h9-10,19H,6-8H2,1-5H3,(H2,18,22). The Kier molecular flexibility index (Phi) is 7.38. The number of ether oxygens (including phenoxy) is 2. The molecule has 1 aromatic carbocycles. The molecule has 0 aliphatic heterocycles. The maximum Gasteiger partial charge on any atom is 0.410 e. The summed E-state index contributed by atoms with van der Waals surface area (Å²) < 4.78 is 10.4. The Labute approximate surface area is 157 Å². The van der Waals surface area contributed by atoms with Crippen molar-refractivity contribution in [2.45, 2.75) is 32.8 Å². The number of nitro groups is 1. The summed E-state index contributed by atoms with van der Waals surface area (Å²) in [6.07, 6.45) is 0.0602. The molecule has 2 amide bonds. The Balaban J connectivity index is 2.78. The summed E-state index contributed by atoms with van der Waals surface area (Å²) in [6.45, 7) is 6.06. The number of benzene rings is 1. The summed E-state index contributed by atoms with van der Waals surface area (Å²) in [6, 6.07) is 2.44. The number of nitro benzene ring substituents is 1. The van der Waals surface area contributed by atoms with Crippen molar-refractivity contribution < 1.29 is 24.0 Å². The van der Waals surface area contributed by atoms with E-state index in [1.807, 2.05) is 0 Å². The predicted octanol–water partition coefficient (Wildman–Crippen LogP) is 2.37. The molecule has 0 aromatic heterocycles. The van der Waals surface area contributed by atoms with Crippen molar-refractivity contribution in [1.82, 2.24) is 4.90 Å². The summed E-state index contributed by atoms with van der Waals surface area (Å²) in [4.78, 5) is 35.3. The van der Waals surface area contributed by atoms with E-state index in [4.69, 9.17) is 15.2 Å². The maximum atomic E-state index is 11.9. The largest absolute Gasteiger partial charge is 0.494 e. The Bertz CT molecular complexity index is 714.